The van der Waals surface area contributed by atoms with E-state index in [1.54, 1.807) is 4.90 Å². The molecular formula is C30H37N3O6S. The van der Waals surface area contributed by atoms with E-state index in [9.17, 15) is 19.5 Å². The first-order valence-corrected chi connectivity index (χ1v) is 15.2. The molecule has 6 rings (SSSR count). The molecule has 5 aliphatic rings. The third kappa shape index (κ3) is 4.78. The number of carbonyl (C=O) groups excluding carboxylic acids is 3. The lowest BCUT2D eigenvalue weighted by Gasteiger charge is -2.39. The number of carbonyl (C=O) groups is 3. The van der Waals surface area contributed by atoms with Gasteiger partial charge in [0.25, 0.3) is 0 Å². The van der Waals surface area contributed by atoms with Crippen LogP contribution in [-0.2, 0) is 23.9 Å². The lowest BCUT2D eigenvalue weighted by molar-refractivity contribution is -0.153. The molecular weight excluding hydrogens is 530 g/mol. The maximum absolute atomic E-state index is 14.5. The fourth-order valence-corrected chi connectivity index (χ4v) is 8.88. The molecule has 40 heavy (non-hydrogen) atoms. The van der Waals surface area contributed by atoms with Gasteiger partial charge in [0.05, 0.1) is 49.1 Å². The number of nitrogens with zero attached hydrogens (tertiary/aromatic N) is 3. The van der Waals surface area contributed by atoms with Crippen molar-refractivity contribution in [3.05, 3.63) is 60.2 Å². The van der Waals surface area contributed by atoms with Crippen molar-refractivity contribution < 1.29 is 29.0 Å². The van der Waals surface area contributed by atoms with E-state index in [2.05, 4.69) is 11.0 Å². The minimum atomic E-state index is -0.942. The van der Waals surface area contributed by atoms with Gasteiger partial charge in [0, 0.05) is 38.0 Å². The molecule has 10 heteroatoms. The van der Waals surface area contributed by atoms with Gasteiger partial charge in [-0.05, 0) is 18.4 Å². The number of thioether (sulfide) groups is 1. The molecule has 0 aromatic heterocycles. The monoisotopic (exact) mass is 567 g/mol. The number of ether oxygens (including phenoxy) is 2. The number of fused-ring (bicyclic) bond motifs is 2. The van der Waals surface area contributed by atoms with Crippen LogP contribution in [-0.4, -0.2) is 113 Å². The highest BCUT2D eigenvalue weighted by Gasteiger charge is 2.71. The smallest absolute Gasteiger partial charge is 0.311 e. The number of hydrogen-bond donors (Lipinski definition) is 1. The van der Waals surface area contributed by atoms with Crippen LogP contribution in [0.4, 0.5) is 0 Å². The number of amides is 2. The molecule has 1 N–H and O–H groups in total. The van der Waals surface area contributed by atoms with Gasteiger partial charge in [-0.1, -0.05) is 54.6 Å². The number of likely N-dealkylation sites (tertiary alicyclic amines) is 1. The fraction of sp³-hybridized carbons (Fsp3) is 0.567. The molecule has 5 heterocycles. The van der Waals surface area contributed by atoms with E-state index in [4.69, 9.17) is 9.47 Å². The van der Waals surface area contributed by atoms with Gasteiger partial charge in [-0.2, -0.15) is 0 Å². The highest BCUT2D eigenvalue weighted by atomic mass is 32.2. The summed E-state index contributed by atoms with van der Waals surface area (Å²) in [7, 11) is 0. The molecule has 0 bridgehead atoms. The maximum Gasteiger partial charge on any atom is 0.311 e. The Morgan fingerprint density at radius 2 is 1.82 bits per heavy atom. The van der Waals surface area contributed by atoms with Gasteiger partial charge in [0.15, 0.2) is 0 Å². The number of allylic oxidation sites excluding steroid dienone is 1. The summed E-state index contributed by atoms with van der Waals surface area (Å²) in [5.41, 5.74) is 0.757. The molecule has 9 nitrogen and oxygen atoms in total. The number of esters is 1. The zero-order valence-electron chi connectivity index (χ0n) is 22.6. The van der Waals surface area contributed by atoms with Crippen molar-refractivity contribution >= 4 is 29.5 Å². The second kappa shape index (κ2) is 11.7. The molecule has 0 radical (unpaired) electrons. The summed E-state index contributed by atoms with van der Waals surface area (Å²) < 4.78 is 10.2. The molecule has 1 aromatic carbocycles. The lowest BCUT2D eigenvalue weighted by Crippen LogP contribution is -2.55. The lowest BCUT2D eigenvalue weighted by atomic mass is 9.78. The molecule has 1 spiro atoms. The zero-order valence-corrected chi connectivity index (χ0v) is 23.4. The molecule has 3 fully saturated rings. The van der Waals surface area contributed by atoms with Crippen LogP contribution in [0.1, 0.15) is 24.4 Å². The van der Waals surface area contributed by atoms with E-state index in [1.165, 1.54) is 11.8 Å². The van der Waals surface area contributed by atoms with Crippen molar-refractivity contribution in [2.24, 2.45) is 11.8 Å². The van der Waals surface area contributed by atoms with E-state index in [-0.39, 0.29) is 29.6 Å². The van der Waals surface area contributed by atoms with Crippen LogP contribution in [0.2, 0.25) is 0 Å². The van der Waals surface area contributed by atoms with Gasteiger partial charge >= 0.3 is 5.97 Å². The first-order valence-electron chi connectivity index (χ1n) is 14.3. The molecule has 2 amide bonds. The Kier molecular flexibility index (Phi) is 8.03. The van der Waals surface area contributed by atoms with E-state index < -0.39 is 28.7 Å². The number of hydrogen-bond acceptors (Lipinski definition) is 8. The summed E-state index contributed by atoms with van der Waals surface area (Å²) in [4.78, 5) is 48.2. The van der Waals surface area contributed by atoms with Crippen LogP contribution >= 0.6 is 11.8 Å². The van der Waals surface area contributed by atoms with Crippen LogP contribution in [0.15, 0.2) is 54.6 Å². The largest absolute Gasteiger partial charge is 0.465 e. The average Bonchev–Trinajstić information content (AvgIpc) is 3.39. The molecule has 1 unspecified atom stereocenters. The maximum atomic E-state index is 14.5. The summed E-state index contributed by atoms with van der Waals surface area (Å²) >= 11 is 1.54. The molecule has 5 aliphatic heterocycles. The number of benzene rings is 1. The molecule has 1 aromatic rings. The van der Waals surface area contributed by atoms with Crippen LogP contribution < -0.4 is 0 Å². The number of aliphatic hydroxyl groups is 1. The highest BCUT2D eigenvalue weighted by Crippen LogP contribution is 2.61. The van der Waals surface area contributed by atoms with Crippen molar-refractivity contribution in [3.8, 4) is 0 Å². The minimum absolute atomic E-state index is 0.139. The van der Waals surface area contributed by atoms with Crippen molar-refractivity contribution in [1.82, 2.24) is 14.7 Å². The third-order valence-electron chi connectivity index (χ3n) is 8.86. The Labute approximate surface area is 239 Å². The molecule has 6 atom stereocenters. The minimum Gasteiger partial charge on any atom is -0.465 e. The zero-order chi connectivity index (χ0) is 27.7. The summed E-state index contributed by atoms with van der Waals surface area (Å²) in [6, 6.07) is 7.79. The highest BCUT2D eigenvalue weighted by molar-refractivity contribution is 8.02. The van der Waals surface area contributed by atoms with Crippen LogP contribution in [0.3, 0.4) is 0 Å². The van der Waals surface area contributed by atoms with Gasteiger partial charge in [0.2, 0.25) is 11.8 Å². The number of cyclic esters (lactones) is 1. The fourth-order valence-electron chi connectivity index (χ4n) is 6.89. The Hall–Kier alpha value is -2.66. The summed E-state index contributed by atoms with van der Waals surface area (Å²) in [5.74, 6) is -2.26. The summed E-state index contributed by atoms with van der Waals surface area (Å²) in [6.45, 7) is 4.67. The Morgan fingerprint density at radius 3 is 2.60 bits per heavy atom. The van der Waals surface area contributed by atoms with Gasteiger partial charge in [0.1, 0.15) is 6.04 Å². The Bertz CT molecular complexity index is 1170. The predicted octanol–water partition coefficient (Wildman–Crippen LogP) is 1.64. The first kappa shape index (κ1) is 27.5. The van der Waals surface area contributed by atoms with Crippen LogP contribution in [0.25, 0.3) is 0 Å². The van der Waals surface area contributed by atoms with Gasteiger partial charge in [-0.3, -0.25) is 19.3 Å². The van der Waals surface area contributed by atoms with E-state index in [0.29, 0.717) is 32.9 Å². The second-order valence-electron chi connectivity index (χ2n) is 11.1. The Morgan fingerprint density at radius 1 is 1.02 bits per heavy atom. The van der Waals surface area contributed by atoms with Gasteiger partial charge < -0.3 is 24.4 Å². The van der Waals surface area contributed by atoms with E-state index in [1.807, 2.05) is 53.5 Å². The average molecular weight is 568 g/mol. The molecule has 214 valence electrons. The van der Waals surface area contributed by atoms with Crippen molar-refractivity contribution in [2.75, 3.05) is 59.2 Å². The second-order valence-corrected chi connectivity index (χ2v) is 12.6. The van der Waals surface area contributed by atoms with Crippen LogP contribution in [0.5, 0.6) is 0 Å². The van der Waals surface area contributed by atoms with E-state index in [0.717, 1.165) is 38.0 Å². The number of morpholine rings is 1. The SMILES string of the molecule is O=C1OCCC/C=C\[C@@H]2S[C@]34C=CCN(CCN5CCOCC5)C(=O)C3N([C@H](CO)c3ccccc3)C(=O)[C@@H]4[C@H]12. The Balaban J connectivity index is 1.40. The van der Waals surface area contributed by atoms with Crippen molar-refractivity contribution in [2.45, 2.75) is 34.9 Å². The molecule has 0 aliphatic carbocycles. The standard InChI is InChI=1S/C30H37N3O6S/c34-20-22(21-8-3-1-4-9-21)33-26-28(36)32(14-13-31-15-18-38-19-16-31)12-7-11-30(26)25(27(33)35)24-23(40-30)10-5-2-6-17-39-29(24)37/h1,3-5,7-11,22-26,34H,2,6,12-20H2/b10-5-/t22-,23+,24-,25+,26?,30+/m1/s1. The normalized spacial score (nSPS) is 34.2. The summed E-state index contributed by atoms with van der Waals surface area (Å²) in [6.07, 6.45) is 9.63. The quantitative estimate of drug-likeness (QED) is 0.409. The summed E-state index contributed by atoms with van der Waals surface area (Å²) in [5, 5.41) is 10.4. The number of rotatable bonds is 6. The first-order chi connectivity index (χ1) is 19.5. The van der Waals surface area contributed by atoms with Gasteiger partial charge in [-0.25, -0.2) is 0 Å². The van der Waals surface area contributed by atoms with E-state index >= 15 is 0 Å². The number of aliphatic hydroxyl groups excluding tert-OH is 1. The topological polar surface area (TPSA) is 99.6 Å². The predicted molar refractivity (Wildman–Crippen MR) is 150 cm³/mol. The van der Waals surface area contributed by atoms with Crippen LogP contribution in [0, 0.1) is 11.8 Å². The van der Waals surface area contributed by atoms with Gasteiger partial charge in [-0.15, -0.1) is 11.8 Å². The van der Waals surface area contributed by atoms with Crippen molar-refractivity contribution in [3.63, 3.8) is 0 Å². The van der Waals surface area contributed by atoms with Crippen molar-refractivity contribution in [1.29, 1.82) is 0 Å². The molecule has 3 saturated heterocycles. The third-order valence-corrected chi connectivity index (χ3v) is 10.6. The molecule has 0 saturated carbocycles.